The van der Waals surface area contributed by atoms with Gasteiger partial charge in [0.15, 0.2) is 5.82 Å². The van der Waals surface area contributed by atoms with Crippen molar-refractivity contribution in [1.29, 1.82) is 0 Å². The van der Waals surface area contributed by atoms with E-state index < -0.39 is 0 Å². The average molecular weight is 293 g/mol. The predicted molar refractivity (Wildman–Crippen MR) is 80.9 cm³/mol. The Morgan fingerprint density at radius 3 is 2.90 bits per heavy atom. The third-order valence-corrected chi connectivity index (χ3v) is 5.10. The Morgan fingerprint density at radius 2 is 2.10 bits per heavy atom. The SMILES string of the molecule is CN1CCCN(C)C(c2noc(C3CCCC3CN)n2)C1. The van der Waals surface area contributed by atoms with Crippen LogP contribution in [0.3, 0.4) is 0 Å². The maximum absolute atomic E-state index is 5.87. The van der Waals surface area contributed by atoms with Gasteiger partial charge < -0.3 is 15.2 Å². The van der Waals surface area contributed by atoms with Gasteiger partial charge in [-0.1, -0.05) is 11.6 Å². The van der Waals surface area contributed by atoms with Crippen LogP contribution in [0.4, 0.5) is 0 Å². The first kappa shape index (κ1) is 14.9. The van der Waals surface area contributed by atoms with Crippen molar-refractivity contribution in [2.24, 2.45) is 11.7 Å². The van der Waals surface area contributed by atoms with E-state index in [1.165, 1.54) is 19.3 Å². The summed E-state index contributed by atoms with van der Waals surface area (Å²) in [6.07, 6.45) is 4.72. The number of nitrogens with two attached hydrogens (primary N) is 1. The molecule has 1 aliphatic heterocycles. The summed E-state index contributed by atoms with van der Waals surface area (Å²) < 4.78 is 5.60. The summed E-state index contributed by atoms with van der Waals surface area (Å²) in [4.78, 5) is 9.43. The second-order valence-electron chi connectivity index (χ2n) is 6.64. The maximum atomic E-state index is 5.87. The highest BCUT2D eigenvalue weighted by molar-refractivity contribution is 5.03. The predicted octanol–water partition coefficient (Wildman–Crippen LogP) is 1.22. The first-order valence-electron chi connectivity index (χ1n) is 8.11. The maximum Gasteiger partial charge on any atom is 0.230 e. The van der Waals surface area contributed by atoms with Gasteiger partial charge in [-0.3, -0.25) is 4.90 Å². The molecule has 2 N–H and O–H groups in total. The summed E-state index contributed by atoms with van der Waals surface area (Å²) in [5.74, 6) is 2.51. The Balaban J connectivity index is 1.77. The molecule has 2 heterocycles. The molecule has 1 saturated heterocycles. The second kappa shape index (κ2) is 6.42. The van der Waals surface area contributed by atoms with Crippen molar-refractivity contribution < 1.29 is 4.52 Å². The highest BCUT2D eigenvalue weighted by atomic mass is 16.5. The average Bonchev–Trinajstić information content (AvgIpc) is 3.09. The quantitative estimate of drug-likeness (QED) is 0.903. The van der Waals surface area contributed by atoms with Crippen molar-refractivity contribution in [1.82, 2.24) is 19.9 Å². The molecule has 6 heteroatoms. The van der Waals surface area contributed by atoms with Crippen LogP contribution in [0.5, 0.6) is 0 Å². The van der Waals surface area contributed by atoms with Gasteiger partial charge >= 0.3 is 0 Å². The van der Waals surface area contributed by atoms with Crippen LogP contribution in [0.2, 0.25) is 0 Å². The van der Waals surface area contributed by atoms with E-state index in [0.29, 0.717) is 18.4 Å². The summed E-state index contributed by atoms with van der Waals surface area (Å²) in [6.45, 7) is 3.88. The molecule has 0 amide bonds. The number of hydrogen-bond acceptors (Lipinski definition) is 6. The fraction of sp³-hybridized carbons (Fsp3) is 0.867. The van der Waals surface area contributed by atoms with Gasteiger partial charge in [-0.2, -0.15) is 4.98 Å². The minimum absolute atomic E-state index is 0.229. The monoisotopic (exact) mass is 293 g/mol. The molecular weight excluding hydrogens is 266 g/mol. The van der Waals surface area contributed by atoms with E-state index >= 15 is 0 Å². The molecule has 3 atom stereocenters. The number of rotatable bonds is 3. The first-order valence-corrected chi connectivity index (χ1v) is 8.11. The fourth-order valence-corrected chi connectivity index (χ4v) is 3.73. The zero-order valence-corrected chi connectivity index (χ0v) is 13.2. The van der Waals surface area contributed by atoms with Gasteiger partial charge in [-0.25, -0.2) is 0 Å². The molecule has 0 radical (unpaired) electrons. The fourth-order valence-electron chi connectivity index (χ4n) is 3.73. The Labute approximate surface area is 126 Å². The normalized spacial score (nSPS) is 32.4. The van der Waals surface area contributed by atoms with Gasteiger partial charge in [0.25, 0.3) is 0 Å². The lowest BCUT2D eigenvalue weighted by molar-refractivity contribution is 0.214. The van der Waals surface area contributed by atoms with E-state index in [1.54, 1.807) is 0 Å². The number of hydrogen-bond donors (Lipinski definition) is 1. The largest absolute Gasteiger partial charge is 0.339 e. The minimum atomic E-state index is 0.229. The second-order valence-corrected chi connectivity index (χ2v) is 6.64. The molecule has 6 nitrogen and oxygen atoms in total. The van der Waals surface area contributed by atoms with Crippen molar-refractivity contribution >= 4 is 0 Å². The Hall–Kier alpha value is -0.980. The molecule has 1 saturated carbocycles. The zero-order chi connectivity index (χ0) is 14.8. The molecule has 2 aliphatic rings. The topological polar surface area (TPSA) is 71.4 Å². The summed E-state index contributed by atoms with van der Waals surface area (Å²) in [5, 5.41) is 4.28. The molecule has 1 aromatic heterocycles. The van der Waals surface area contributed by atoms with Gasteiger partial charge in [-0.15, -0.1) is 0 Å². The van der Waals surface area contributed by atoms with E-state index in [0.717, 1.165) is 37.8 Å². The lowest BCUT2D eigenvalue weighted by atomic mass is 9.96. The standard InChI is InChI=1S/C15H27N5O/c1-19-7-4-8-20(2)13(10-19)14-17-15(21-18-14)12-6-3-5-11(12)9-16/h11-13H,3-10,16H2,1-2H3. The van der Waals surface area contributed by atoms with Crippen LogP contribution in [-0.2, 0) is 0 Å². The highest BCUT2D eigenvalue weighted by Crippen LogP contribution is 2.38. The minimum Gasteiger partial charge on any atom is -0.339 e. The Bertz CT molecular complexity index is 463. The van der Waals surface area contributed by atoms with Crippen LogP contribution in [0, 0.1) is 5.92 Å². The molecule has 2 fully saturated rings. The van der Waals surface area contributed by atoms with Gasteiger partial charge in [0, 0.05) is 12.5 Å². The highest BCUT2D eigenvalue weighted by Gasteiger charge is 2.33. The van der Waals surface area contributed by atoms with E-state index in [2.05, 4.69) is 29.1 Å². The smallest absolute Gasteiger partial charge is 0.230 e. The van der Waals surface area contributed by atoms with E-state index in [4.69, 9.17) is 15.2 Å². The van der Waals surface area contributed by atoms with Gasteiger partial charge in [0.2, 0.25) is 5.89 Å². The molecular formula is C15H27N5O. The van der Waals surface area contributed by atoms with E-state index in [-0.39, 0.29) is 6.04 Å². The summed E-state index contributed by atoms with van der Waals surface area (Å²) in [5.41, 5.74) is 5.87. The third kappa shape index (κ3) is 3.12. The van der Waals surface area contributed by atoms with Crippen LogP contribution < -0.4 is 5.73 Å². The van der Waals surface area contributed by atoms with E-state index in [9.17, 15) is 0 Å². The molecule has 1 aromatic rings. The van der Waals surface area contributed by atoms with Crippen molar-refractivity contribution in [3.05, 3.63) is 11.7 Å². The van der Waals surface area contributed by atoms with Crippen molar-refractivity contribution in [3.63, 3.8) is 0 Å². The summed E-state index contributed by atoms with van der Waals surface area (Å²) in [7, 11) is 4.31. The van der Waals surface area contributed by atoms with Crippen LogP contribution in [0.25, 0.3) is 0 Å². The zero-order valence-electron chi connectivity index (χ0n) is 13.2. The number of likely N-dealkylation sites (N-methyl/N-ethyl adjacent to an activating group) is 2. The third-order valence-electron chi connectivity index (χ3n) is 5.10. The Morgan fingerprint density at radius 1 is 1.24 bits per heavy atom. The van der Waals surface area contributed by atoms with Crippen LogP contribution in [0.15, 0.2) is 4.52 Å². The molecule has 3 unspecified atom stereocenters. The molecule has 118 valence electrons. The number of nitrogens with zero attached hydrogens (tertiary/aromatic N) is 4. The number of aromatic nitrogens is 2. The van der Waals surface area contributed by atoms with Crippen molar-refractivity contribution in [2.75, 3.05) is 40.3 Å². The van der Waals surface area contributed by atoms with Crippen molar-refractivity contribution in [3.8, 4) is 0 Å². The molecule has 0 bridgehead atoms. The molecule has 1 aliphatic carbocycles. The van der Waals surface area contributed by atoms with Gasteiger partial charge in [0.1, 0.15) is 0 Å². The lowest BCUT2D eigenvalue weighted by Gasteiger charge is -2.24. The lowest BCUT2D eigenvalue weighted by Crippen LogP contribution is -2.31. The van der Waals surface area contributed by atoms with Crippen LogP contribution >= 0.6 is 0 Å². The van der Waals surface area contributed by atoms with Gasteiger partial charge in [-0.05, 0) is 58.9 Å². The van der Waals surface area contributed by atoms with Gasteiger partial charge in [0.05, 0.1) is 6.04 Å². The van der Waals surface area contributed by atoms with Crippen LogP contribution in [-0.4, -0.2) is 60.2 Å². The Kier molecular flexibility index (Phi) is 4.57. The van der Waals surface area contributed by atoms with Crippen LogP contribution in [0.1, 0.15) is 49.4 Å². The first-order chi connectivity index (χ1) is 10.2. The van der Waals surface area contributed by atoms with Crippen molar-refractivity contribution in [2.45, 2.75) is 37.6 Å². The molecule has 0 spiro atoms. The molecule has 21 heavy (non-hydrogen) atoms. The molecule has 0 aromatic carbocycles. The summed E-state index contributed by atoms with van der Waals surface area (Å²) in [6, 6.07) is 0.229. The van der Waals surface area contributed by atoms with E-state index in [1.807, 2.05) is 0 Å². The molecule has 3 rings (SSSR count). The summed E-state index contributed by atoms with van der Waals surface area (Å²) >= 11 is 0.